The van der Waals surface area contributed by atoms with Gasteiger partial charge in [0.15, 0.2) is 0 Å². The van der Waals surface area contributed by atoms with Crippen molar-refractivity contribution >= 4 is 0 Å². The summed E-state index contributed by atoms with van der Waals surface area (Å²) in [6, 6.07) is 0. The van der Waals surface area contributed by atoms with Crippen molar-refractivity contribution in [2.24, 2.45) is 0 Å². The molecule has 0 saturated heterocycles. The first-order valence-electron chi connectivity index (χ1n) is 20.2. The maximum absolute atomic E-state index is 2.00. The summed E-state index contributed by atoms with van der Waals surface area (Å²) in [7, 11) is 0. The Morgan fingerprint density at radius 3 is 0.396 bits per heavy atom. The van der Waals surface area contributed by atoms with Gasteiger partial charge in [-0.3, -0.25) is 0 Å². The molecule has 0 atom stereocenters. The average molecular weight is 737 g/mol. The second-order valence-corrected chi connectivity index (χ2v) is 14.8. The Labute approximate surface area is 323 Å². The van der Waals surface area contributed by atoms with Crippen LogP contribution in [0.15, 0.2) is 0 Å². The maximum atomic E-state index is 2.00. The van der Waals surface area contributed by atoms with E-state index in [0.29, 0.717) is 0 Å². The minimum absolute atomic E-state index is 0. The van der Waals surface area contributed by atoms with Crippen LogP contribution in [0.2, 0.25) is 0 Å². The molecule has 268 valence electrons. The monoisotopic (exact) mass is 736 g/mol. The van der Waals surface area contributed by atoms with Gasteiger partial charge in [-0.1, -0.05) is 128 Å². The summed E-state index contributed by atoms with van der Waals surface area (Å²) in [5.74, 6) is 15.1. The topological polar surface area (TPSA) is 0 Å². The minimum atomic E-state index is 0. The van der Waals surface area contributed by atoms with Crippen molar-refractivity contribution in [2.45, 2.75) is 180 Å². The van der Waals surface area contributed by atoms with E-state index in [9.17, 15) is 0 Å². The fourth-order valence-corrected chi connectivity index (χ4v) is 8.92. The van der Waals surface area contributed by atoms with E-state index in [1.807, 2.05) is 112 Å². The van der Waals surface area contributed by atoms with Crippen molar-refractivity contribution < 1.29 is 33.6 Å². The molecular formula is C46H66Co2. The van der Waals surface area contributed by atoms with E-state index in [1.54, 1.807) is 0 Å². The van der Waals surface area contributed by atoms with Crippen LogP contribution in [0, 0.1) is 112 Å². The molecule has 20 radical (unpaired) electrons. The van der Waals surface area contributed by atoms with Crippen molar-refractivity contribution in [2.75, 3.05) is 0 Å². The Hall–Kier alpha value is 1.01. The molecule has 0 spiro atoms. The Morgan fingerprint density at radius 1 is 0.167 bits per heavy atom. The summed E-state index contributed by atoms with van der Waals surface area (Å²) in [4.78, 5) is 0. The zero-order valence-corrected chi connectivity index (χ0v) is 32.3. The predicted octanol–water partition coefficient (Wildman–Crippen LogP) is 13.6. The molecule has 8 bridgehead atoms. The Kier molecular flexibility index (Phi) is 24.2. The summed E-state index contributed by atoms with van der Waals surface area (Å²) < 4.78 is 0. The second kappa shape index (κ2) is 26.7. The van der Waals surface area contributed by atoms with Gasteiger partial charge in [-0.2, -0.15) is 0 Å². The molecular weight excluding hydrogens is 670 g/mol. The molecule has 2 heteroatoms. The van der Waals surface area contributed by atoms with Crippen molar-refractivity contribution in [3.8, 4) is 0 Å². The summed E-state index contributed by atoms with van der Waals surface area (Å²) in [5, 5.41) is 0. The molecule has 0 unspecified atom stereocenters. The minimum Gasteiger partial charge on any atom is -0.0533 e. The number of fused-ring (bicyclic) bond motifs is 24. The van der Waals surface area contributed by atoms with Crippen LogP contribution in [-0.4, -0.2) is 0 Å². The van der Waals surface area contributed by atoms with Crippen molar-refractivity contribution in [3.05, 3.63) is 112 Å². The van der Waals surface area contributed by atoms with Crippen LogP contribution >= 0.6 is 0 Å². The summed E-state index contributed by atoms with van der Waals surface area (Å²) in [6.07, 6.45) is 60.3. The van der Waals surface area contributed by atoms with Gasteiger partial charge in [0.25, 0.3) is 0 Å². The van der Waals surface area contributed by atoms with Crippen LogP contribution in [-0.2, 0) is 33.6 Å². The number of hydrogen-bond acceptors (Lipinski definition) is 0. The first kappa shape index (κ1) is 43.4. The molecule has 0 nitrogen and oxygen atoms in total. The molecule has 48 heavy (non-hydrogen) atoms. The molecule has 8 aliphatic rings. The van der Waals surface area contributed by atoms with E-state index in [0.717, 1.165) is 0 Å². The van der Waals surface area contributed by atoms with E-state index in [4.69, 9.17) is 0 Å². The quantitative estimate of drug-likeness (QED) is 0.232. The van der Waals surface area contributed by atoms with Crippen LogP contribution in [0.25, 0.3) is 0 Å². The molecule has 0 aromatic carbocycles. The van der Waals surface area contributed by atoms with Gasteiger partial charge in [-0.05, 0) is 163 Å². The number of hydrogen-bond donors (Lipinski definition) is 0. The van der Waals surface area contributed by atoms with E-state index >= 15 is 0 Å². The third-order valence-corrected chi connectivity index (χ3v) is 11.4. The third-order valence-electron chi connectivity index (χ3n) is 11.4. The van der Waals surface area contributed by atoms with Crippen LogP contribution < -0.4 is 0 Å². The second-order valence-electron chi connectivity index (χ2n) is 14.8. The van der Waals surface area contributed by atoms with Gasteiger partial charge in [-0.25, -0.2) is 0 Å². The largest absolute Gasteiger partial charge is 0.0533 e. The molecule has 0 N–H and O–H groups in total. The smallest absolute Gasteiger partial charge is 0 e. The van der Waals surface area contributed by atoms with Gasteiger partial charge in [0.2, 0.25) is 0 Å². The standard InChI is InChI=1S/C36H56.2C5H5.2Co/c1-5-13-21-29-31-23-15-7-2-8-16-24-32-30(22-14-6-1)34-26-18-10-3-9-17-25-33(29)35(31)27-19-11-4-12-20-28-36(32)34;2*1-2-4-5-3-1;;/h1-28H2;2*1-5H;;. The molecule has 0 aromatic rings. The van der Waals surface area contributed by atoms with Crippen LogP contribution in [0.4, 0.5) is 0 Å². The van der Waals surface area contributed by atoms with Crippen molar-refractivity contribution in [1.82, 2.24) is 0 Å². The molecule has 8 fully saturated rings. The van der Waals surface area contributed by atoms with E-state index in [1.165, 1.54) is 180 Å². The zero-order valence-electron chi connectivity index (χ0n) is 30.2. The number of rotatable bonds is 0. The average Bonchev–Trinajstić information content (AvgIpc) is 3.84. The zero-order chi connectivity index (χ0) is 31.5. The predicted molar refractivity (Wildman–Crippen MR) is 198 cm³/mol. The van der Waals surface area contributed by atoms with E-state index in [2.05, 4.69) is 0 Å². The van der Waals surface area contributed by atoms with Crippen molar-refractivity contribution in [3.63, 3.8) is 0 Å². The normalized spacial score (nSPS) is 28.0. The van der Waals surface area contributed by atoms with Crippen LogP contribution in [0.3, 0.4) is 0 Å². The fraction of sp³-hybridized carbons (Fsp3) is 0.609. The first-order chi connectivity index (χ1) is 22.9. The van der Waals surface area contributed by atoms with E-state index < -0.39 is 0 Å². The Bertz CT molecular complexity index is 549. The summed E-state index contributed by atoms with van der Waals surface area (Å²) >= 11 is 0. The molecule has 8 aliphatic carbocycles. The van der Waals surface area contributed by atoms with Crippen molar-refractivity contribution in [1.29, 1.82) is 0 Å². The van der Waals surface area contributed by atoms with E-state index in [-0.39, 0.29) is 33.6 Å². The molecule has 0 heterocycles. The maximum Gasteiger partial charge on any atom is 0 e. The van der Waals surface area contributed by atoms with Crippen LogP contribution in [0.5, 0.6) is 0 Å². The van der Waals surface area contributed by atoms with Gasteiger partial charge in [-0.15, -0.1) is 0 Å². The van der Waals surface area contributed by atoms with Gasteiger partial charge in [0, 0.05) is 33.6 Å². The summed E-state index contributed by atoms with van der Waals surface area (Å²) in [6.45, 7) is 0. The molecule has 8 rings (SSSR count). The molecule has 0 aromatic heterocycles. The summed E-state index contributed by atoms with van der Waals surface area (Å²) in [5.41, 5.74) is 0. The van der Waals surface area contributed by atoms with Gasteiger partial charge >= 0.3 is 0 Å². The van der Waals surface area contributed by atoms with Gasteiger partial charge in [0.1, 0.15) is 0 Å². The Balaban J connectivity index is 0.000000446. The molecule has 0 amide bonds. The SMILES string of the molecule is C1CCC[C]2[C]3CCCCCCC[C]4[C](CCC1)[C]1CCCCCCC[C]2[C]3CCCCCCC[C]41.[CH]1[CH][CH][CH][CH]1.[CH]1[CH][CH][CH][CH]1.[Co].[Co]. The molecule has 0 aliphatic heterocycles. The van der Waals surface area contributed by atoms with Gasteiger partial charge in [0.05, 0.1) is 0 Å². The van der Waals surface area contributed by atoms with Gasteiger partial charge < -0.3 is 0 Å². The first-order valence-corrected chi connectivity index (χ1v) is 20.2. The Morgan fingerprint density at radius 2 is 0.271 bits per heavy atom. The third kappa shape index (κ3) is 14.4. The molecule has 8 saturated carbocycles. The fourth-order valence-electron chi connectivity index (χ4n) is 8.92. The van der Waals surface area contributed by atoms with Crippen LogP contribution in [0.1, 0.15) is 180 Å².